The number of furan rings is 1. The van der Waals surface area contributed by atoms with Gasteiger partial charge in [0.2, 0.25) is 0 Å². The lowest BCUT2D eigenvalue weighted by molar-refractivity contribution is -0.142. The number of carbonyl (C=O) groups excluding carboxylic acids is 1. The topological polar surface area (TPSA) is 83.6 Å². The Kier molecular flexibility index (Phi) is 3.50. The van der Waals surface area contributed by atoms with Crippen molar-refractivity contribution >= 4 is 23.2 Å². The highest BCUT2D eigenvalue weighted by Crippen LogP contribution is 2.28. The molecule has 0 saturated carbocycles. The van der Waals surface area contributed by atoms with Crippen LogP contribution in [-0.4, -0.2) is 39.5 Å². The molecule has 7 heteroatoms. The van der Waals surface area contributed by atoms with Gasteiger partial charge in [-0.15, -0.1) is 11.3 Å². The Morgan fingerprint density at radius 2 is 2.33 bits per heavy atom. The molecular formula is C14H14N2O4S. The minimum Gasteiger partial charge on any atom is -0.481 e. The fraction of sp³-hybridized carbons (Fsp3) is 0.357. The van der Waals surface area contributed by atoms with E-state index in [1.165, 1.54) is 11.3 Å². The van der Waals surface area contributed by atoms with Crippen molar-refractivity contribution < 1.29 is 19.1 Å². The van der Waals surface area contributed by atoms with Gasteiger partial charge in [0, 0.05) is 18.0 Å². The molecule has 2 aromatic heterocycles. The SMILES string of the molecule is CC1C(C(=O)O)CCN1C(=O)c1csc(-c2ccco2)n1. The van der Waals surface area contributed by atoms with Gasteiger partial charge in [-0.1, -0.05) is 0 Å². The van der Waals surface area contributed by atoms with E-state index in [4.69, 9.17) is 9.52 Å². The highest BCUT2D eigenvalue weighted by Gasteiger charge is 2.39. The molecule has 3 rings (SSSR count). The summed E-state index contributed by atoms with van der Waals surface area (Å²) in [5, 5.41) is 11.4. The molecule has 6 nitrogen and oxygen atoms in total. The summed E-state index contributed by atoms with van der Waals surface area (Å²) in [6.45, 7) is 2.22. The van der Waals surface area contributed by atoms with Crippen molar-refractivity contribution in [3.63, 3.8) is 0 Å². The van der Waals surface area contributed by atoms with Crippen molar-refractivity contribution in [2.45, 2.75) is 19.4 Å². The fourth-order valence-electron chi connectivity index (χ4n) is 2.59. The summed E-state index contributed by atoms with van der Waals surface area (Å²) >= 11 is 1.33. The lowest BCUT2D eigenvalue weighted by Gasteiger charge is -2.22. The van der Waals surface area contributed by atoms with E-state index >= 15 is 0 Å². The number of amides is 1. The minimum atomic E-state index is -0.854. The Morgan fingerprint density at radius 3 is 2.95 bits per heavy atom. The molecule has 3 heterocycles. The highest BCUT2D eigenvalue weighted by molar-refractivity contribution is 7.13. The highest BCUT2D eigenvalue weighted by atomic mass is 32.1. The number of rotatable bonds is 3. The molecule has 1 aliphatic heterocycles. The van der Waals surface area contributed by atoms with Crippen molar-refractivity contribution in [3.05, 3.63) is 29.5 Å². The third-order valence-corrected chi connectivity index (χ3v) is 4.65. The Hall–Kier alpha value is -2.15. The molecule has 1 fully saturated rings. The molecule has 1 amide bonds. The molecular weight excluding hydrogens is 292 g/mol. The van der Waals surface area contributed by atoms with Crippen LogP contribution in [0.15, 0.2) is 28.2 Å². The molecule has 21 heavy (non-hydrogen) atoms. The molecule has 0 aromatic carbocycles. The van der Waals surface area contributed by atoms with Crippen LogP contribution < -0.4 is 0 Å². The molecule has 1 saturated heterocycles. The molecule has 1 aliphatic rings. The first-order valence-electron chi connectivity index (χ1n) is 6.61. The molecule has 2 atom stereocenters. The summed E-state index contributed by atoms with van der Waals surface area (Å²) in [4.78, 5) is 29.4. The maximum Gasteiger partial charge on any atom is 0.308 e. The molecule has 0 radical (unpaired) electrons. The van der Waals surface area contributed by atoms with Gasteiger partial charge in [-0.3, -0.25) is 9.59 Å². The van der Waals surface area contributed by atoms with E-state index in [-0.39, 0.29) is 11.9 Å². The maximum absolute atomic E-state index is 12.5. The van der Waals surface area contributed by atoms with Crippen molar-refractivity contribution in [2.75, 3.05) is 6.54 Å². The average Bonchev–Trinajstić information content (AvgIpc) is 3.18. The van der Waals surface area contributed by atoms with Gasteiger partial charge in [-0.05, 0) is 25.5 Å². The molecule has 1 N–H and O–H groups in total. The Labute approximate surface area is 125 Å². The van der Waals surface area contributed by atoms with Crippen LogP contribution >= 0.6 is 11.3 Å². The fourth-order valence-corrected chi connectivity index (χ4v) is 3.35. The molecule has 110 valence electrons. The lowest BCUT2D eigenvalue weighted by atomic mass is 10.0. The molecule has 2 unspecified atom stereocenters. The first kappa shape index (κ1) is 13.8. The number of thiazole rings is 1. The molecule has 0 spiro atoms. The van der Waals surface area contributed by atoms with E-state index in [9.17, 15) is 9.59 Å². The van der Waals surface area contributed by atoms with Gasteiger partial charge in [0.05, 0.1) is 12.2 Å². The number of carboxylic acids is 1. The number of likely N-dealkylation sites (tertiary alicyclic amines) is 1. The van der Waals surface area contributed by atoms with Crippen LogP contribution in [0.3, 0.4) is 0 Å². The second kappa shape index (κ2) is 5.33. The van der Waals surface area contributed by atoms with Crippen LogP contribution in [0.1, 0.15) is 23.8 Å². The summed E-state index contributed by atoms with van der Waals surface area (Å²) in [5.41, 5.74) is 0.337. The van der Waals surface area contributed by atoms with Gasteiger partial charge in [0.15, 0.2) is 10.8 Å². The van der Waals surface area contributed by atoms with E-state index in [0.29, 0.717) is 29.4 Å². The number of hydrogen-bond donors (Lipinski definition) is 1. The summed E-state index contributed by atoms with van der Waals surface area (Å²) in [7, 11) is 0. The smallest absolute Gasteiger partial charge is 0.308 e. The normalized spacial score (nSPS) is 21.7. The number of aromatic nitrogens is 1. The monoisotopic (exact) mass is 306 g/mol. The molecule has 0 aliphatic carbocycles. The van der Waals surface area contributed by atoms with E-state index in [1.54, 1.807) is 35.6 Å². The summed E-state index contributed by atoms with van der Waals surface area (Å²) in [5.74, 6) is -0.957. The van der Waals surface area contributed by atoms with Gasteiger partial charge in [0.1, 0.15) is 5.69 Å². The van der Waals surface area contributed by atoms with Gasteiger partial charge in [-0.2, -0.15) is 0 Å². The van der Waals surface area contributed by atoms with Crippen LogP contribution in [0.25, 0.3) is 10.8 Å². The van der Waals surface area contributed by atoms with Crippen LogP contribution in [0.2, 0.25) is 0 Å². The maximum atomic E-state index is 12.5. The standard InChI is InChI=1S/C14H14N2O4S/c1-8-9(14(18)19)4-5-16(8)13(17)10-7-21-12(15-10)11-3-2-6-20-11/h2-3,6-9H,4-5H2,1H3,(H,18,19). The van der Waals surface area contributed by atoms with Crippen molar-refractivity contribution in [1.29, 1.82) is 0 Å². The van der Waals surface area contributed by atoms with E-state index in [1.807, 2.05) is 0 Å². The van der Waals surface area contributed by atoms with E-state index in [0.717, 1.165) is 0 Å². The predicted octanol–water partition coefficient (Wildman–Crippen LogP) is 2.34. The van der Waals surface area contributed by atoms with Gasteiger partial charge in [-0.25, -0.2) is 4.98 Å². The minimum absolute atomic E-state index is 0.222. The average molecular weight is 306 g/mol. The number of hydrogen-bond acceptors (Lipinski definition) is 5. The quantitative estimate of drug-likeness (QED) is 0.941. The van der Waals surface area contributed by atoms with E-state index in [2.05, 4.69) is 4.98 Å². The first-order chi connectivity index (χ1) is 10.1. The summed E-state index contributed by atoms with van der Waals surface area (Å²) < 4.78 is 5.25. The second-order valence-electron chi connectivity index (χ2n) is 4.99. The number of nitrogens with zero attached hydrogens (tertiary/aromatic N) is 2. The number of aliphatic carboxylic acids is 1. The molecule has 2 aromatic rings. The first-order valence-corrected chi connectivity index (χ1v) is 7.49. The lowest BCUT2D eigenvalue weighted by Crippen LogP contribution is -2.37. The third-order valence-electron chi connectivity index (χ3n) is 3.79. The zero-order valence-electron chi connectivity index (χ0n) is 11.4. The third kappa shape index (κ3) is 2.44. The Morgan fingerprint density at radius 1 is 1.52 bits per heavy atom. The van der Waals surface area contributed by atoms with Crippen molar-refractivity contribution in [1.82, 2.24) is 9.88 Å². The van der Waals surface area contributed by atoms with Gasteiger partial charge < -0.3 is 14.4 Å². The van der Waals surface area contributed by atoms with Gasteiger partial charge in [0.25, 0.3) is 5.91 Å². The largest absolute Gasteiger partial charge is 0.481 e. The van der Waals surface area contributed by atoms with Gasteiger partial charge >= 0.3 is 5.97 Å². The van der Waals surface area contributed by atoms with Crippen LogP contribution in [0.4, 0.5) is 0 Å². The number of carboxylic acid groups (broad SMARTS) is 1. The van der Waals surface area contributed by atoms with Crippen LogP contribution in [0.5, 0.6) is 0 Å². The second-order valence-corrected chi connectivity index (χ2v) is 5.85. The zero-order valence-corrected chi connectivity index (χ0v) is 12.2. The summed E-state index contributed by atoms with van der Waals surface area (Å²) in [6, 6.07) is 3.23. The van der Waals surface area contributed by atoms with Crippen LogP contribution in [-0.2, 0) is 4.79 Å². The summed E-state index contributed by atoms with van der Waals surface area (Å²) in [6.07, 6.45) is 2.04. The zero-order chi connectivity index (χ0) is 15.0. The Balaban J connectivity index is 1.79. The Bertz CT molecular complexity index is 664. The van der Waals surface area contributed by atoms with Crippen molar-refractivity contribution in [2.24, 2.45) is 5.92 Å². The number of carbonyl (C=O) groups is 2. The molecule has 0 bridgehead atoms. The predicted molar refractivity (Wildman–Crippen MR) is 76.1 cm³/mol. The van der Waals surface area contributed by atoms with Crippen LogP contribution in [0, 0.1) is 5.92 Å². The van der Waals surface area contributed by atoms with Crippen molar-refractivity contribution in [3.8, 4) is 10.8 Å². The van der Waals surface area contributed by atoms with E-state index < -0.39 is 11.9 Å².